The first-order chi connectivity index (χ1) is 18.6. The largest absolute Gasteiger partial charge is 0.459 e. The monoisotopic (exact) mass is 556 g/mol. The second kappa shape index (κ2) is 12.1. The third-order valence-electron chi connectivity index (χ3n) is 6.00. The minimum Gasteiger partial charge on any atom is -0.459 e. The fraction of sp³-hybridized carbons (Fsp3) is 0.552. The van der Waals surface area contributed by atoms with Gasteiger partial charge in [-0.3, -0.25) is 9.69 Å². The highest BCUT2D eigenvalue weighted by Crippen LogP contribution is 2.26. The summed E-state index contributed by atoms with van der Waals surface area (Å²) in [4.78, 5) is 58.2. The van der Waals surface area contributed by atoms with Crippen LogP contribution in [0.1, 0.15) is 72.3 Å². The number of nitrogens with one attached hydrogen (secondary N) is 1. The second-order valence-corrected chi connectivity index (χ2v) is 12.1. The third kappa shape index (κ3) is 8.06. The average Bonchev–Trinajstić information content (AvgIpc) is 3.26. The molecule has 11 heteroatoms. The van der Waals surface area contributed by atoms with Gasteiger partial charge in [0.25, 0.3) is 0 Å². The number of imidazole rings is 1. The molecule has 1 aliphatic heterocycles. The zero-order valence-corrected chi connectivity index (χ0v) is 24.5. The number of carbonyl (C=O) groups is 4. The second-order valence-electron chi connectivity index (χ2n) is 12.1. The molecule has 2 atom stereocenters. The highest BCUT2D eigenvalue weighted by molar-refractivity contribution is 5.90. The van der Waals surface area contributed by atoms with Crippen LogP contribution >= 0.6 is 0 Å². The van der Waals surface area contributed by atoms with E-state index < -0.39 is 47.3 Å². The van der Waals surface area contributed by atoms with E-state index in [0.29, 0.717) is 11.4 Å². The Kier molecular flexibility index (Phi) is 9.27. The predicted molar refractivity (Wildman–Crippen MR) is 146 cm³/mol. The molecular formula is C29H40N4O7. The van der Waals surface area contributed by atoms with E-state index in [4.69, 9.17) is 14.2 Å². The van der Waals surface area contributed by atoms with Crippen molar-refractivity contribution in [2.75, 3.05) is 0 Å². The number of benzene rings is 1. The van der Waals surface area contributed by atoms with Gasteiger partial charge < -0.3 is 19.5 Å². The maximum absolute atomic E-state index is 13.6. The van der Waals surface area contributed by atoms with Gasteiger partial charge in [-0.2, -0.15) is 0 Å². The maximum atomic E-state index is 13.6. The van der Waals surface area contributed by atoms with E-state index in [0.717, 1.165) is 5.56 Å². The van der Waals surface area contributed by atoms with Crippen molar-refractivity contribution >= 4 is 24.1 Å². The van der Waals surface area contributed by atoms with Crippen molar-refractivity contribution in [2.45, 2.75) is 98.2 Å². The lowest BCUT2D eigenvalue weighted by molar-refractivity contribution is -0.151. The molecule has 2 amide bonds. The molecule has 0 saturated heterocycles. The van der Waals surface area contributed by atoms with Gasteiger partial charge in [0.2, 0.25) is 5.91 Å². The van der Waals surface area contributed by atoms with Crippen molar-refractivity contribution in [3.05, 3.63) is 53.6 Å². The van der Waals surface area contributed by atoms with Gasteiger partial charge in [0.15, 0.2) is 0 Å². The topological polar surface area (TPSA) is 129 Å². The van der Waals surface area contributed by atoms with Gasteiger partial charge in [-0.15, -0.1) is 0 Å². The number of fused-ring (bicyclic) bond motifs is 1. The first kappa shape index (κ1) is 30.6. The Hall–Kier alpha value is -3.89. The minimum absolute atomic E-state index is 0.0140. The van der Waals surface area contributed by atoms with Crippen LogP contribution < -0.4 is 5.32 Å². The van der Waals surface area contributed by atoms with Crippen LogP contribution in [0.15, 0.2) is 36.7 Å². The predicted octanol–water partition coefficient (Wildman–Crippen LogP) is 4.21. The minimum atomic E-state index is -1.03. The van der Waals surface area contributed by atoms with Gasteiger partial charge >= 0.3 is 18.2 Å². The molecule has 1 aromatic heterocycles. The molecule has 1 aromatic carbocycles. The Balaban J connectivity index is 1.84. The van der Waals surface area contributed by atoms with Crippen LogP contribution in [0.2, 0.25) is 0 Å². The van der Waals surface area contributed by atoms with E-state index in [1.807, 2.05) is 30.3 Å². The van der Waals surface area contributed by atoms with Gasteiger partial charge in [0.05, 0.1) is 17.9 Å². The van der Waals surface area contributed by atoms with E-state index in [9.17, 15) is 19.2 Å². The zero-order valence-electron chi connectivity index (χ0n) is 24.5. The van der Waals surface area contributed by atoms with Crippen LogP contribution in [0.3, 0.4) is 0 Å². The fourth-order valence-corrected chi connectivity index (χ4v) is 4.09. The molecule has 0 unspecified atom stereocenters. The van der Waals surface area contributed by atoms with E-state index in [1.165, 1.54) is 15.8 Å². The van der Waals surface area contributed by atoms with Crippen molar-refractivity contribution in [3.8, 4) is 0 Å². The van der Waals surface area contributed by atoms with Gasteiger partial charge in [0.1, 0.15) is 36.2 Å². The SMILES string of the molecule is CC(C)[C@H](NC(=O)[C@@H]1Cc2ncn(C(=O)OC(C)(C)C)c2CN1C(=O)OC(C)(C)C)C(=O)OCc1ccccc1. The number of amides is 2. The van der Waals surface area contributed by atoms with Gasteiger partial charge in [-0.25, -0.2) is 23.9 Å². The standard InChI is InChI=1S/C29H40N4O7/c1-18(2)23(25(35)38-16-19-12-10-9-11-13-19)31-24(34)21-14-20-22(15-32(21)26(36)39-28(3,4)5)33(17-30-20)27(37)40-29(6,7)8/h9-13,17-18,21,23H,14-16H2,1-8H3,(H,31,34)/t21-,23-/m0/s1. The number of ether oxygens (including phenoxy) is 3. The van der Waals surface area contributed by atoms with Gasteiger partial charge in [0, 0.05) is 6.42 Å². The van der Waals surface area contributed by atoms with Gasteiger partial charge in [-0.1, -0.05) is 44.2 Å². The van der Waals surface area contributed by atoms with Crippen LogP contribution in [-0.4, -0.2) is 61.8 Å². The fourth-order valence-electron chi connectivity index (χ4n) is 4.09. The molecule has 1 N–H and O–H groups in total. The summed E-state index contributed by atoms with van der Waals surface area (Å²) in [6, 6.07) is 7.25. The van der Waals surface area contributed by atoms with Crippen molar-refractivity contribution in [3.63, 3.8) is 0 Å². The first-order valence-corrected chi connectivity index (χ1v) is 13.3. The molecule has 218 valence electrons. The summed E-state index contributed by atoms with van der Waals surface area (Å²) in [6.45, 7) is 13.9. The normalized spacial score (nSPS) is 16.1. The number of aromatic nitrogens is 2. The highest BCUT2D eigenvalue weighted by atomic mass is 16.6. The van der Waals surface area contributed by atoms with Crippen LogP contribution in [0, 0.1) is 5.92 Å². The number of carbonyl (C=O) groups excluding carboxylic acids is 4. The third-order valence-corrected chi connectivity index (χ3v) is 6.00. The van der Waals surface area contributed by atoms with Crippen molar-refractivity contribution in [1.29, 1.82) is 0 Å². The Morgan fingerprint density at radius 1 is 0.975 bits per heavy atom. The zero-order chi connectivity index (χ0) is 29.8. The summed E-state index contributed by atoms with van der Waals surface area (Å²) in [5.41, 5.74) is 0.148. The molecular weight excluding hydrogens is 516 g/mol. The van der Waals surface area contributed by atoms with Crippen molar-refractivity contribution < 1.29 is 33.4 Å². The number of hydrogen-bond acceptors (Lipinski definition) is 8. The van der Waals surface area contributed by atoms with Crippen LogP contribution in [-0.2, 0) is 43.4 Å². The van der Waals surface area contributed by atoms with E-state index >= 15 is 0 Å². The summed E-state index contributed by atoms with van der Waals surface area (Å²) in [5.74, 6) is -1.42. The summed E-state index contributed by atoms with van der Waals surface area (Å²) in [5, 5.41) is 2.77. The number of esters is 1. The molecule has 3 rings (SSSR count). The number of hydrogen-bond donors (Lipinski definition) is 1. The molecule has 11 nitrogen and oxygen atoms in total. The van der Waals surface area contributed by atoms with E-state index in [2.05, 4.69) is 10.3 Å². The molecule has 0 aliphatic carbocycles. The highest BCUT2D eigenvalue weighted by Gasteiger charge is 2.41. The van der Waals surface area contributed by atoms with E-state index in [1.54, 1.807) is 55.4 Å². The van der Waals surface area contributed by atoms with Crippen LogP contribution in [0.5, 0.6) is 0 Å². The maximum Gasteiger partial charge on any atom is 0.420 e. The summed E-state index contributed by atoms with van der Waals surface area (Å²) < 4.78 is 17.8. The Labute approximate surface area is 235 Å². The number of nitrogens with zero attached hydrogens (tertiary/aromatic N) is 3. The van der Waals surface area contributed by atoms with E-state index in [-0.39, 0.29) is 25.5 Å². The molecule has 40 heavy (non-hydrogen) atoms. The summed E-state index contributed by atoms with van der Waals surface area (Å²) in [6.07, 6.45) is -0.0399. The Bertz CT molecular complexity index is 1230. The molecule has 2 aromatic rings. The average molecular weight is 557 g/mol. The lowest BCUT2D eigenvalue weighted by Gasteiger charge is -2.36. The number of rotatable bonds is 6. The molecule has 0 radical (unpaired) electrons. The first-order valence-electron chi connectivity index (χ1n) is 13.3. The molecule has 0 fully saturated rings. The van der Waals surface area contributed by atoms with Crippen molar-refractivity contribution in [2.24, 2.45) is 5.92 Å². The Morgan fingerprint density at radius 3 is 2.15 bits per heavy atom. The lowest BCUT2D eigenvalue weighted by Crippen LogP contribution is -2.57. The lowest BCUT2D eigenvalue weighted by atomic mass is 9.99. The smallest absolute Gasteiger partial charge is 0.420 e. The quantitative estimate of drug-likeness (QED) is 0.414. The molecule has 0 bridgehead atoms. The van der Waals surface area contributed by atoms with Crippen LogP contribution in [0.4, 0.5) is 9.59 Å². The van der Waals surface area contributed by atoms with Gasteiger partial charge in [-0.05, 0) is 53.0 Å². The van der Waals surface area contributed by atoms with Crippen molar-refractivity contribution in [1.82, 2.24) is 19.8 Å². The molecule has 0 spiro atoms. The molecule has 2 heterocycles. The molecule has 0 saturated carbocycles. The Morgan fingerprint density at radius 2 is 1.57 bits per heavy atom. The summed E-state index contributed by atoms with van der Waals surface area (Å²) in [7, 11) is 0. The molecule has 1 aliphatic rings. The summed E-state index contributed by atoms with van der Waals surface area (Å²) >= 11 is 0. The van der Waals surface area contributed by atoms with Crippen LogP contribution in [0.25, 0.3) is 0 Å².